The fraction of sp³-hybridized carbons (Fsp3) is 0.737. The molecule has 0 spiro atoms. The molecular weight excluding hydrogens is 318 g/mol. The molecule has 25 heavy (non-hydrogen) atoms. The number of carbonyl (C=O) groups is 2. The van der Waals surface area contributed by atoms with E-state index in [0.717, 1.165) is 63.9 Å². The number of hydrogen-bond acceptors (Lipinski definition) is 4. The number of hydrogen-bond donors (Lipinski definition) is 0. The average molecular weight is 347 g/mol. The van der Waals surface area contributed by atoms with Crippen molar-refractivity contribution in [2.75, 3.05) is 13.7 Å². The van der Waals surface area contributed by atoms with E-state index in [1.54, 1.807) is 0 Å². The Morgan fingerprint density at radius 2 is 1.88 bits per heavy atom. The number of piperidine rings is 1. The van der Waals surface area contributed by atoms with Gasteiger partial charge in [0.05, 0.1) is 19.1 Å². The number of amides is 1. The van der Waals surface area contributed by atoms with E-state index in [-0.39, 0.29) is 29.8 Å². The molecule has 0 N–H and O–H groups in total. The van der Waals surface area contributed by atoms with Crippen LogP contribution in [0.5, 0.6) is 0 Å². The Balaban J connectivity index is 1.69. The highest BCUT2D eigenvalue weighted by atomic mass is 16.5. The van der Waals surface area contributed by atoms with Crippen molar-refractivity contribution in [2.45, 2.75) is 64.5 Å². The quantitative estimate of drug-likeness (QED) is 0.786. The Bertz CT molecular complexity index is 605. The van der Waals surface area contributed by atoms with Gasteiger partial charge < -0.3 is 14.2 Å². The molecule has 2 heterocycles. The van der Waals surface area contributed by atoms with Crippen LogP contribution in [0.15, 0.2) is 12.4 Å². The van der Waals surface area contributed by atoms with E-state index >= 15 is 0 Å². The van der Waals surface area contributed by atoms with Gasteiger partial charge in [-0.3, -0.25) is 9.59 Å². The fourth-order valence-electron chi connectivity index (χ4n) is 4.33. The lowest BCUT2D eigenvalue weighted by atomic mass is 9.81. The number of imidazole rings is 1. The number of carbonyl (C=O) groups excluding carboxylic acids is 2. The third-order valence-electron chi connectivity index (χ3n) is 5.78. The lowest BCUT2D eigenvalue weighted by molar-refractivity contribution is -0.149. The first-order valence-corrected chi connectivity index (χ1v) is 9.55. The van der Waals surface area contributed by atoms with Gasteiger partial charge in [-0.1, -0.05) is 0 Å². The van der Waals surface area contributed by atoms with Crippen LogP contribution in [0.4, 0.5) is 0 Å². The van der Waals surface area contributed by atoms with E-state index in [1.165, 1.54) is 7.11 Å². The Labute approximate surface area is 149 Å². The van der Waals surface area contributed by atoms with Crippen LogP contribution in [0.2, 0.25) is 0 Å². The van der Waals surface area contributed by atoms with Gasteiger partial charge in [-0.25, -0.2) is 4.98 Å². The largest absolute Gasteiger partial charge is 0.469 e. The summed E-state index contributed by atoms with van der Waals surface area (Å²) in [4.78, 5) is 31.5. The molecule has 138 valence electrons. The Hall–Kier alpha value is -1.85. The maximum atomic E-state index is 13.2. The number of methoxy groups -OCH3 is 1. The third kappa shape index (κ3) is 3.72. The van der Waals surface area contributed by atoms with Crippen molar-refractivity contribution in [1.82, 2.24) is 14.5 Å². The van der Waals surface area contributed by atoms with Crippen LogP contribution in [-0.2, 0) is 20.9 Å². The number of aromatic nitrogens is 2. The van der Waals surface area contributed by atoms with Crippen molar-refractivity contribution < 1.29 is 14.3 Å². The highest BCUT2D eigenvalue weighted by Crippen LogP contribution is 2.36. The molecule has 1 amide bonds. The number of aryl methyl sites for hydroxylation is 1. The van der Waals surface area contributed by atoms with E-state index < -0.39 is 0 Å². The maximum Gasteiger partial charge on any atom is 0.308 e. The minimum atomic E-state index is -0.133. The van der Waals surface area contributed by atoms with Crippen LogP contribution in [0.25, 0.3) is 0 Å². The molecule has 1 aromatic rings. The van der Waals surface area contributed by atoms with Gasteiger partial charge in [0.1, 0.15) is 5.82 Å². The van der Waals surface area contributed by atoms with Crippen molar-refractivity contribution in [3.05, 3.63) is 18.2 Å². The zero-order valence-corrected chi connectivity index (χ0v) is 15.3. The molecule has 0 bridgehead atoms. The summed E-state index contributed by atoms with van der Waals surface area (Å²) >= 11 is 0. The summed E-state index contributed by atoms with van der Waals surface area (Å²) < 4.78 is 6.99. The number of rotatable bonds is 4. The molecule has 1 aliphatic heterocycles. The maximum absolute atomic E-state index is 13.2. The van der Waals surface area contributed by atoms with E-state index in [2.05, 4.69) is 21.4 Å². The van der Waals surface area contributed by atoms with Gasteiger partial charge in [-0.15, -0.1) is 0 Å². The first kappa shape index (κ1) is 18.0. The van der Waals surface area contributed by atoms with E-state index in [4.69, 9.17) is 4.74 Å². The predicted octanol–water partition coefficient (Wildman–Crippen LogP) is 2.94. The molecule has 0 unspecified atom stereocenters. The molecule has 0 aromatic carbocycles. The number of esters is 1. The second-order valence-electron chi connectivity index (χ2n) is 7.19. The monoisotopic (exact) mass is 347 g/mol. The van der Waals surface area contributed by atoms with Crippen molar-refractivity contribution in [2.24, 2.45) is 11.8 Å². The van der Waals surface area contributed by atoms with Crippen LogP contribution in [0.1, 0.15) is 63.7 Å². The summed E-state index contributed by atoms with van der Waals surface area (Å²) in [6, 6.07) is 0.0922. The fourth-order valence-corrected chi connectivity index (χ4v) is 4.33. The number of nitrogens with zero attached hydrogens (tertiary/aromatic N) is 3. The first-order chi connectivity index (χ1) is 12.2. The Kier molecular flexibility index (Phi) is 5.76. The molecular formula is C19H29N3O3. The zero-order chi connectivity index (χ0) is 17.8. The van der Waals surface area contributed by atoms with Gasteiger partial charge in [-0.2, -0.15) is 0 Å². The van der Waals surface area contributed by atoms with Crippen LogP contribution >= 0.6 is 0 Å². The molecule has 1 saturated heterocycles. The summed E-state index contributed by atoms with van der Waals surface area (Å²) in [5.41, 5.74) is 0. The third-order valence-corrected chi connectivity index (χ3v) is 5.78. The van der Waals surface area contributed by atoms with E-state index in [1.807, 2.05) is 12.4 Å². The summed E-state index contributed by atoms with van der Waals surface area (Å²) in [5, 5.41) is 0. The lowest BCUT2D eigenvalue weighted by Crippen LogP contribution is -2.44. The summed E-state index contributed by atoms with van der Waals surface area (Å²) in [5.74, 6) is 1.13. The Morgan fingerprint density at radius 1 is 1.16 bits per heavy atom. The molecule has 6 nitrogen and oxygen atoms in total. The average Bonchev–Trinajstić information content (AvgIpc) is 3.15. The van der Waals surface area contributed by atoms with Gasteiger partial charge in [0.15, 0.2) is 0 Å². The molecule has 1 aromatic heterocycles. The minimum absolute atomic E-state index is 0.0338. The van der Waals surface area contributed by atoms with Crippen LogP contribution < -0.4 is 0 Å². The standard InChI is InChI=1S/C19H29N3O3/c1-3-21-13-11-20-17(21)16-6-4-5-12-22(16)18(23)14-7-9-15(10-8-14)19(24)25-2/h11,13-16H,3-10,12H2,1-2H3/t14?,15?,16-/m0/s1. The molecule has 2 fully saturated rings. The minimum Gasteiger partial charge on any atom is -0.469 e. The zero-order valence-electron chi connectivity index (χ0n) is 15.3. The molecule has 1 atom stereocenters. The van der Waals surface area contributed by atoms with E-state index in [0.29, 0.717) is 0 Å². The molecule has 3 rings (SSSR count). The van der Waals surface area contributed by atoms with Crippen molar-refractivity contribution in [3.63, 3.8) is 0 Å². The smallest absolute Gasteiger partial charge is 0.308 e. The number of ether oxygens (including phenoxy) is 1. The summed E-state index contributed by atoms with van der Waals surface area (Å²) in [6.07, 6.45) is 10.1. The van der Waals surface area contributed by atoms with Crippen LogP contribution in [0, 0.1) is 11.8 Å². The highest BCUT2D eigenvalue weighted by molar-refractivity contribution is 5.80. The highest BCUT2D eigenvalue weighted by Gasteiger charge is 2.37. The molecule has 1 aliphatic carbocycles. The summed E-state index contributed by atoms with van der Waals surface area (Å²) in [7, 11) is 1.44. The number of likely N-dealkylation sites (tertiary alicyclic amines) is 1. The van der Waals surface area contributed by atoms with Gasteiger partial charge in [0, 0.05) is 31.4 Å². The predicted molar refractivity (Wildman–Crippen MR) is 93.7 cm³/mol. The second-order valence-corrected chi connectivity index (χ2v) is 7.19. The molecule has 0 radical (unpaired) electrons. The van der Waals surface area contributed by atoms with Crippen molar-refractivity contribution in [1.29, 1.82) is 0 Å². The topological polar surface area (TPSA) is 64.4 Å². The molecule has 2 aliphatic rings. The van der Waals surface area contributed by atoms with Crippen LogP contribution in [0.3, 0.4) is 0 Å². The second kappa shape index (κ2) is 8.02. The first-order valence-electron chi connectivity index (χ1n) is 9.55. The van der Waals surface area contributed by atoms with Crippen LogP contribution in [-0.4, -0.2) is 40.0 Å². The molecule has 6 heteroatoms. The molecule has 1 saturated carbocycles. The van der Waals surface area contributed by atoms with Crippen molar-refractivity contribution in [3.8, 4) is 0 Å². The summed E-state index contributed by atoms with van der Waals surface area (Å²) in [6.45, 7) is 3.80. The Morgan fingerprint density at radius 3 is 2.56 bits per heavy atom. The van der Waals surface area contributed by atoms with Gasteiger partial charge >= 0.3 is 5.97 Å². The SMILES string of the molecule is CCn1ccnc1[C@@H]1CCCCN1C(=O)C1CCC(C(=O)OC)CC1. The van der Waals surface area contributed by atoms with Gasteiger partial charge in [0.2, 0.25) is 5.91 Å². The van der Waals surface area contributed by atoms with E-state index in [9.17, 15) is 9.59 Å². The van der Waals surface area contributed by atoms with Gasteiger partial charge in [0.25, 0.3) is 0 Å². The van der Waals surface area contributed by atoms with Gasteiger partial charge in [-0.05, 0) is 51.9 Å². The normalized spacial score (nSPS) is 27.1. The lowest BCUT2D eigenvalue weighted by Gasteiger charge is -2.39. The van der Waals surface area contributed by atoms with Crippen molar-refractivity contribution >= 4 is 11.9 Å².